The number of carbonyl (C=O) groups excluding carboxylic acids is 2. The number of hydrogen-bond donors (Lipinski definition) is 2. The second kappa shape index (κ2) is 12.5. The van der Waals surface area contributed by atoms with Crippen molar-refractivity contribution in [2.45, 2.75) is 33.7 Å². The van der Waals surface area contributed by atoms with E-state index in [4.69, 9.17) is 21.1 Å². The third-order valence-electron chi connectivity index (χ3n) is 4.35. The second-order valence-electron chi connectivity index (χ2n) is 7.13. The van der Waals surface area contributed by atoms with Crippen LogP contribution in [0.5, 0.6) is 11.5 Å². The molecule has 9 heteroatoms. The summed E-state index contributed by atoms with van der Waals surface area (Å²) in [5, 5.41) is 7.32. The lowest BCUT2D eigenvalue weighted by Crippen LogP contribution is -2.48. The number of rotatable bonds is 10. The van der Waals surface area contributed by atoms with Gasteiger partial charge in [0.2, 0.25) is 0 Å². The number of amides is 2. The summed E-state index contributed by atoms with van der Waals surface area (Å²) in [6.45, 7) is 8.44. The average molecular weight is 525 g/mol. The molecular formula is C23H27BrClN3O4. The van der Waals surface area contributed by atoms with Crippen LogP contribution in [0.1, 0.15) is 43.6 Å². The predicted molar refractivity (Wildman–Crippen MR) is 130 cm³/mol. The van der Waals surface area contributed by atoms with E-state index in [1.165, 1.54) is 6.21 Å². The van der Waals surface area contributed by atoms with Gasteiger partial charge in [0.15, 0.2) is 11.5 Å². The number of nitrogens with one attached hydrogen (secondary N) is 2. The van der Waals surface area contributed by atoms with Crippen molar-refractivity contribution in [2.24, 2.45) is 11.0 Å². The highest BCUT2D eigenvalue weighted by molar-refractivity contribution is 9.10. The Bertz CT molecular complexity index is 964. The number of nitrogens with zero attached hydrogens (tertiary/aromatic N) is 1. The average Bonchev–Trinajstić information content (AvgIpc) is 2.74. The quantitative estimate of drug-likeness (QED) is 0.345. The van der Waals surface area contributed by atoms with Crippen LogP contribution in [0.2, 0.25) is 5.02 Å². The van der Waals surface area contributed by atoms with Crippen LogP contribution in [0.15, 0.2) is 46.0 Å². The SMILES string of the molecule is CCOc1cc(/C=N\NC(=O)C(NC(=O)c2ccc(Cl)cc2)C(C)C)cc(Br)c1OCC. The maximum atomic E-state index is 12.7. The predicted octanol–water partition coefficient (Wildman–Crippen LogP) is 4.80. The van der Waals surface area contributed by atoms with Gasteiger partial charge in [-0.2, -0.15) is 5.10 Å². The number of halogens is 2. The largest absolute Gasteiger partial charge is 0.490 e. The Kier molecular flexibility index (Phi) is 9.99. The number of ether oxygens (including phenoxy) is 2. The Morgan fingerprint density at radius 2 is 1.78 bits per heavy atom. The van der Waals surface area contributed by atoms with Gasteiger partial charge < -0.3 is 14.8 Å². The summed E-state index contributed by atoms with van der Waals surface area (Å²) < 4.78 is 12.0. The lowest BCUT2D eigenvalue weighted by Gasteiger charge is -2.20. The van der Waals surface area contributed by atoms with Crippen molar-refractivity contribution < 1.29 is 19.1 Å². The van der Waals surface area contributed by atoms with E-state index in [2.05, 4.69) is 31.8 Å². The molecule has 172 valence electrons. The van der Waals surface area contributed by atoms with Crippen LogP contribution in [0.4, 0.5) is 0 Å². The maximum Gasteiger partial charge on any atom is 0.262 e. The van der Waals surface area contributed by atoms with E-state index in [-0.39, 0.29) is 11.8 Å². The molecule has 32 heavy (non-hydrogen) atoms. The van der Waals surface area contributed by atoms with Crippen LogP contribution >= 0.6 is 27.5 Å². The first-order valence-corrected chi connectivity index (χ1v) is 11.4. The summed E-state index contributed by atoms with van der Waals surface area (Å²) in [6, 6.07) is 9.27. The molecule has 2 amide bonds. The van der Waals surface area contributed by atoms with Gasteiger partial charge in [-0.05, 0) is 77.7 Å². The van der Waals surface area contributed by atoms with E-state index in [0.717, 1.165) is 0 Å². The minimum atomic E-state index is -0.763. The monoisotopic (exact) mass is 523 g/mol. The zero-order valence-corrected chi connectivity index (χ0v) is 20.8. The molecule has 2 aromatic carbocycles. The lowest BCUT2D eigenvalue weighted by molar-refractivity contribution is -0.123. The van der Waals surface area contributed by atoms with Gasteiger partial charge in [-0.25, -0.2) is 5.43 Å². The van der Waals surface area contributed by atoms with Crippen LogP contribution < -0.4 is 20.2 Å². The molecule has 0 aromatic heterocycles. The molecule has 7 nitrogen and oxygen atoms in total. The Labute approximate surface area is 201 Å². The van der Waals surface area contributed by atoms with Gasteiger partial charge >= 0.3 is 0 Å². The smallest absolute Gasteiger partial charge is 0.262 e. The van der Waals surface area contributed by atoms with Crippen molar-refractivity contribution in [3.05, 3.63) is 57.0 Å². The Balaban J connectivity index is 2.09. The Hall–Kier alpha value is -2.58. The van der Waals surface area contributed by atoms with E-state index in [9.17, 15) is 9.59 Å². The third kappa shape index (κ3) is 7.24. The summed E-state index contributed by atoms with van der Waals surface area (Å²) in [4.78, 5) is 25.1. The summed E-state index contributed by atoms with van der Waals surface area (Å²) in [7, 11) is 0. The highest BCUT2D eigenvalue weighted by Crippen LogP contribution is 2.36. The first-order valence-electron chi connectivity index (χ1n) is 10.2. The van der Waals surface area contributed by atoms with Crippen molar-refractivity contribution in [1.82, 2.24) is 10.7 Å². The van der Waals surface area contributed by atoms with Gasteiger partial charge in [-0.15, -0.1) is 0 Å². The zero-order valence-electron chi connectivity index (χ0n) is 18.4. The molecule has 1 atom stereocenters. The van der Waals surface area contributed by atoms with E-state index >= 15 is 0 Å². The highest BCUT2D eigenvalue weighted by atomic mass is 79.9. The lowest BCUT2D eigenvalue weighted by atomic mass is 10.0. The van der Waals surface area contributed by atoms with Gasteiger partial charge in [0.05, 0.1) is 23.9 Å². The number of carbonyl (C=O) groups is 2. The maximum absolute atomic E-state index is 12.7. The van der Waals surface area contributed by atoms with Crippen molar-refractivity contribution in [1.29, 1.82) is 0 Å². The molecule has 0 bridgehead atoms. The van der Waals surface area contributed by atoms with Gasteiger partial charge in [0, 0.05) is 10.6 Å². The van der Waals surface area contributed by atoms with Gasteiger partial charge in [0.1, 0.15) is 6.04 Å². The topological polar surface area (TPSA) is 89.0 Å². The van der Waals surface area contributed by atoms with Crippen LogP contribution in [-0.4, -0.2) is 37.3 Å². The number of benzene rings is 2. The second-order valence-corrected chi connectivity index (χ2v) is 8.42. The Morgan fingerprint density at radius 1 is 1.12 bits per heavy atom. The molecule has 0 saturated heterocycles. The Morgan fingerprint density at radius 3 is 2.38 bits per heavy atom. The van der Waals surface area contributed by atoms with E-state index in [1.807, 2.05) is 33.8 Å². The summed E-state index contributed by atoms with van der Waals surface area (Å²) >= 11 is 9.34. The van der Waals surface area contributed by atoms with Crippen LogP contribution in [0.25, 0.3) is 0 Å². The molecule has 0 radical (unpaired) electrons. The molecule has 0 saturated carbocycles. The molecule has 0 heterocycles. The fraction of sp³-hybridized carbons (Fsp3) is 0.348. The number of hydrazone groups is 1. The van der Waals surface area contributed by atoms with E-state index < -0.39 is 11.9 Å². The van der Waals surface area contributed by atoms with Crippen LogP contribution in [-0.2, 0) is 4.79 Å². The molecule has 0 fully saturated rings. The molecule has 0 aliphatic carbocycles. The van der Waals surface area contributed by atoms with Crippen molar-refractivity contribution in [3.63, 3.8) is 0 Å². The molecule has 0 aliphatic heterocycles. The van der Waals surface area contributed by atoms with Gasteiger partial charge in [-0.3, -0.25) is 9.59 Å². The summed E-state index contributed by atoms with van der Waals surface area (Å²) in [5.74, 6) is 0.252. The minimum Gasteiger partial charge on any atom is -0.490 e. The number of hydrogen-bond acceptors (Lipinski definition) is 5. The molecule has 2 aromatic rings. The van der Waals surface area contributed by atoms with Crippen molar-refractivity contribution in [3.8, 4) is 11.5 Å². The van der Waals surface area contributed by atoms with Crippen molar-refractivity contribution in [2.75, 3.05) is 13.2 Å². The van der Waals surface area contributed by atoms with Crippen LogP contribution in [0, 0.1) is 5.92 Å². The van der Waals surface area contributed by atoms with E-state index in [1.54, 1.807) is 30.3 Å². The van der Waals surface area contributed by atoms with E-state index in [0.29, 0.717) is 45.3 Å². The standard InChI is InChI=1S/C23H27BrClN3O4/c1-5-31-19-12-15(11-18(24)21(19)32-6-2)13-26-28-23(30)20(14(3)4)27-22(29)16-7-9-17(25)10-8-16/h7-14,20H,5-6H2,1-4H3,(H,27,29)(H,28,30)/b26-13-. The van der Waals surface area contributed by atoms with Crippen LogP contribution in [0.3, 0.4) is 0 Å². The molecule has 1 unspecified atom stereocenters. The molecule has 2 rings (SSSR count). The molecular weight excluding hydrogens is 498 g/mol. The summed E-state index contributed by atoms with van der Waals surface area (Å²) in [6.07, 6.45) is 1.50. The molecule has 0 spiro atoms. The van der Waals surface area contributed by atoms with Gasteiger partial charge in [0.25, 0.3) is 11.8 Å². The fourth-order valence-corrected chi connectivity index (χ4v) is 3.51. The minimum absolute atomic E-state index is 0.148. The van der Waals surface area contributed by atoms with Crippen molar-refractivity contribution >= 4 is 45.6 Å². The first-order chi connectivity index (χ1) is 15.3. The first kappa shape index (κ1) is 25.7. The zero-order chi connectivity index (χ0) is 23.7. The molecule has 2 N–H and O–H groups in total. The highest BCUT2D eigenvalue weighted by Gasteiger charge is 2.24. The normalized spacial score (nSPS) is 12.0. The molecule has 0 aliphatic rings. The third-order valence-corrected chi connectivity index (χ3v) is 5.19. The fourth-order valence-electron chi connectivity index (χ4n) is 2.81. The van der Waals surface area contributed by atoms with Gasteiger partial charge in [-0.1, -0.05) is 25.4 Å². The summed E-state index contributed by atoms with van der Waals surface area (Å²) in [5.41, 5.74) is 3.62.